The van der Waals surface area contributed by atoms with E-state index in [0.29, 0.717) is 0 Å². The molecule has 2 rings (SSSR count). The smallest absolute Gasteiger partial charge is 0.0948 e. The zero-order chi connectivity index (χ0) is 8.60. The summed E-state index contributed by atoms with van der Waals surface area (Å²) in [6.45, 7) is 3.07. The van der Waals surface area contributed by atoms with Crippen LogP contribution >= 0.6 is 0 Å². The predicted octanol–water partition coefficient (Wildman–Crippen LogP) is 1.57. The Morgan fingerprint density at radius 1 is 1.75 bits per heavy atom. The summed E-state index contributed by atoms with van der Waals surface area (Å²) >= 11 is 0. The largest absolute Gasteiger partial charge is 0.334 e. The molecule has 0 N–H and O–H groups in total. The first-order chi connectivity index (χ1) is 5.82. The Hall–Kier alpha value is -1.23. The van der Waals surface area contributed by atoms with Crippen molar-refractivity contribution in [1.82, 2.24) is 9.55 Å². The van der Waals surface area contributed by atoms with Gasteiger partial charge < -0.3 is 4.57 Å². The molecule has 12 heavy (non-hydrogen) atoms. The molecule has 2 heteroatoms. The monoisotopic (exact) mass is 160 g/mol. The average Bonchev–Trinajstić information content (AvgIpc) is 2.76. The molecule has 0 bridgehead atoms. The maximum Gasteiger partial charge on any atom is 0.0948 e. The second kappa shape index (κ2) is 2.38. The molecule has 0 aromatic carbocycles. The fourth-order valence-electron chi connectivity index (χ4n) is 1.57. The Balaban J connectivity index is 2.41. The van der Waals surface area contributed by atoms with E-state index in [2.05, 4.69) is 22.4 Å². The van der Waals surface area contributed by atoms with Crippen LogP contribution in [0.25, 0.3) is 0 Å². The maximum atomic E-state index is 5.49. The van der Waals surface area contributed by atoms with Gasteiger partial charge in [0.15, 0.2) is 0 Å². The molecule has 0 unspecified atom stereocenters. The fraction of sp³-hybridized carbons (Fsp3) is 0.500. The van der Waals surface area contributed by atoms with Crippen molar-refractivity contribution in [3.05, 3.63) is 18.2 Å². The second-order valence-corrected chi connectivity index (χ2v) is 3.29. The van der Waals surface area contributed by atoms with Gasteiger partial charge in [-0.25, -0.2) is 4.98 Å². The van der Waals surface area contributed by atoms with Crippen LogP contribution in [0.4, 0.5) is 0 Å². The Labute approximate surface area is 72.6 Å². The van der Waals surface area contributed by atoms with Crippen molar-refractivity contribution in [3.63, 3.8) is 0 Å². The van der Waals surface area contributed by atoms with E-state index < -0.39 is 0 Å². The van der Waals surface area contributed by atoms with Crippen molar-refractivity contribution in [3.8, 4) is 12.3 Å². The van der Waals surface area contributed by atoms with Gasteiger partial charge in [0.2, 0.25) is 0 Å². The SMILES string of the molecule is C#CC1(c2cncn2CC)CC1. The molecule has 1 aromatic rings. The van der Waals surface area contributed by atoms with E-state index >= 15 is 0 Å². The maximum absolute atomic E-state index is 5.49. The molecule has 1 aromatic heterocycles. The topological polar surface area (TPSA) is 17.8 Å². The minimum absolute atomic E-state index is 0.0342. The number of rotatable bonds is 2. The number of aromatic nitrogens is 2. The van der Waals surface area contributed by atoms with Crippen LogP contribution in [0.2, 0.25) is 0 Å². The molecule has 1 saturated carbocycles. The van der Waals surface area contributed by atoms with E-state index in [4.69, 9.17) is 6.42 Å². The van der Waals surface area contributed by atoms with Gasteiger partial charge in [-0.05, 0) is 19.8 Å². The summed E-state index contributed by atoms with van der Waals surface area (Å²) in [4.78, 5) is 4.11. The van der Waals surface area contributed by atoms with Gasteiger partial charge in [0, 0.05) is 12.7 Å². The van der Waals surface area contributed by atoms with E-state index in [1.807, 2.05) is 12.5 Å². The first kappa shape index (κ1) is 7.42. The molecule has 0 aliphatic heterocycles. The number of imidazole rings is 1. The second-order valence-electron chi connectivity index (χ2n) is 3.29. The van der Waals surface area contributed by atoms with Gasteiger partial charge in [-0.1, -0.05) is 5.92 Å². The third-order valence-corrected chi connectivity index (χ3v) is 2.57. The highest BCUT2D eigenvalue weighted by molar-refractivity contribution is 5.35. The van der Waals surface area contributed by atoms with E-state index in [0.717, 1.165) is 19.4 Å². The molecule has 0 radical (unpaired) electrons. The third-order valence-electron chi connectivity index (χ3n) is 2.57. The number of hydrogen-bond donors (Lipinski definition) is 0. The molecule has 0 atom stereocenters. The van der Waals surface area contributed by atoms with Crippen molar-refractivity contribution >= 4 is 0 Å². The van der Waals surface area contributed by atoms with Crippen molar-refractivity contribution < 1.29 is 0 Å². The van der Waals surface area contributed by atoms with E-state index in [1.165, 1.54) is 5.69 Å². The lowest BCUT2D eigenvalue weighted by atomic mass is 10.1. The Kier molecular flexibility index (Phi) is 1.47. The van der Waals surface area contributed by atoms with Crippen molar-refractivity contribution in [2.75, 3.05) is 0 Å². The summed E-state index contributed by atoms with van der Waals surface area (Å²) in [5.74, 6) is 2.87. The summed E-state index contributed by atoms with van der Waals surface area (Å²) in [5, 5.41) is 0. The van der Waals surface area contributed by atoms with Crippen LogP contribution in [0.1, 0.15) is 25.5 Å². The fourth-order valence-corrected chi connectivity index (χ4v) is 1.57. The Bertz CT molecular complexity index is 326. The molecule has 1 aliphatic rings. The molecule has 62 valence electrons. The van der Waals surface area contributed by atoms with Crippen molar-refractivity contribution in [1.29, 1.82) is 0 Å². The van der Waals surface area contributed by atoms with Crippen molar-refractivity contribution in [2.24, 2.45) is 0 Å². The van der Waals surface area contributed by atoms with Gasteiger partial charge in [0.05, 0.1) is 17.4 Å². The van der Waals surface area contributed by atoms with Gasteiger partial charge in [-0.3, -0.25) is 0 Å². The average molecular weight is 160 g/mol. The number of nitrogens with zero attached hydrogens (tertiary/aromatic N) is 2. The highest BCUT2D eigenvalue weighted by atomic mass is 15.1. The van der Waals surface area contributed by atoms with Crippen LogP contribution in [-0.4, -0.2) is 9.55 Å². The van der Waals surface area contributed by atoms with Gasteiger partial charge in [0.1, 0.15) is 0 Å². The lowest BCUT2D eigenvalue weighted by Gasteiger charge is -2.09. The molecular formula is C10H12N2. The molecule has 2 nitrogen and oxygen atoms in total. The van der Waals surface area contributed by atoms with Crippen LogP contribution in [-0.2, 0) is 12.0 Å². The first-order valence-corrected chi connectivity index (χ1v) is 4.31. The van der Waals surface area contributed by atoms with Crippen LogP contribution in [0.5, 0.6) is 0 Å². The summed E-state index contributed by atoms with van der Waals surface area (Å²) in [6, 6.07) is 0. The van der Waals surface area contributed by atoms with Crippen molar-refractivity contribution in [2.45, 2.75) is 31.7 Å². The van der Waals surface area contributed by atoms with Gasteiger partial charge in [-0.2, -0.15) is 0 Å². The van der Waals surface area contributed by atoms with Crippen LogP contribution in [0, 0.1) is 12.3 Å². The Morgan fingerprint density at radius 3 is 3.00 bits per heavy atom. The Morgan fingerprint density at radius 2 is 2.50 bits per heavy atom. The summed E-state index contributed by atoms with van der Waals surface area (Å²) in [5.41, 5.74) is 1.25. The van der Waals surface area contributed by atoms with Gasteiger partial charge in [0.25, 0.3) is 0 Å². The summed E-state index contributed by atoms with van der Waals surface area (Å²) in [6.07, 6.45) is 11.5. The standard InChI is InChI=1S/C10H12N2/c1-3-10(5-6-10)9-7-11-8-12(9)4-2/h1,7-8H,4-6H2,2H3. The van der Waals surface area contributed by atoms with Crippen LogP contribution in [0.3, 0.4) is 0 Å². The van der Waals surface area contributed by atoms with E-state index in [1.54, 1.807) is 0 Å². The van der Waals surface area contributed by atoms with Gasteiger partial charge in [-0.15, -0.1) is 6.42 Å². The highest BCUT2D eigenvalue weighted by Crippen LogP contribution is 2.47. The van der Waals surface area contributed by atoms with E-state index in [9.17, 15) is 0 Å². The summed E-state index contributed by atoms with van der Waals surface area (Å²) in [7, 11) is 0. The number of aryl methyl sites for hydroxylation is 1. The molecular weight excluding hydrogens is 148 g/mol. The molecule has 0 saturated heterocycles. The van der Waals surface area contributed by atoms with E-state index in [-0.39, 0.29) is 5.41 Å². The lowest BCUT2D eigenvalue weighted by molar-refractivity contribution is 0.680. The third kappa shape index (κ3) is 0.863. The molecule has 1 aliphatic carbocycles. The van der Waals surface area contributed by atoms with Gasteiger partial charge >= 0.3 is 0 Å². The minimum Gasteiger partial charge on any atom is -0.334 e. The molecule has 0 amide bonds. The summed E-state index contributed by atoms with van der Waals surface area (Å²) < 4.78 is 2.13. The molecule has 0 spiro atoms. The predicted molar refractivity (Wildman–Crippen MR) is 47.6 cm³/mol. The number of hydrogen-bond acceptors (Lipinski definition) is 1. The minimum atomic E-state index is 0.0342. The first-order valence-electron chi connectivity index (χ1n) is 4.31. The molecule has 1 heterocycles. The zero-order valence-electron chi connectivity index (χ0n) is 7.25. The quantitative estimate of drug-likeness (QED) is 0.600. The highest BCUT2D eigenvalue weighted by Gasteiger charge is 2.44. The lowest BCUT2D eigenvalue weighted by Crippen LogP contribution is -2.10. The molecule has 1 fully saturated rings. The number of terminal acetylenes is 1. The van der Waals surface area contributed by atoms with Crippen LogP contribution in [0.15, 0.2) is 12.5 Å². The zero-order valence-corrected chi connectivity index (χ0v) is 7.25. The van der Waals surface area contributed by atoms with Crippen LogP contribution < -0.4 is 0 Å². The normalized spacial score (nSPS) is 18.7.